The predicted molar refractivity (Wildman–Crippen MR) is 76.8 cm³/mol. The summed E-state index contributed by atoms with van der Waals surface area (Å²) in [6.07, 6.45) is 6.54. The lowest BCUT2D eigenvalue weighted by molar-refractivity contribution is -0.123. The van der Waals surface area contributed by atoms with E-state index in [-0.39, 0.29) is 0 Å². The van der Waals surface area contributed by atoms with E-state index in [2.05, 4.69) is 35.2 Å². The normalized spacial score (nSPS) is 28.7. The van der Waals surface area contributed by atoms with Crippen LogP contribution in [0.1, 0.15) is 44.1 Å². The molecule has 3 rings (SSSR count). The zero-order valence-corrected chi connectivity index (χ0v) is 11.6. The Labute approximate surface area is 115 Å². The molecule has 1 saturated carbocycles. The average Bonchev–Trinajstić information content (AvgIpc) is 2.62. The Morgan fingerprint density at radius 1 is 1.11 bits per heavy atom. The second-order valence-electron chi connectivity index (χ2n) is 6.06. The smallest absolute Gasteiger partial charge is 0.133 e. The minimum absolute atomic E-state index is 0.489. The molecule has 0 amide bonds. The Morgan fingerprint density at radius 2 is 1.95 bits per heavy atom. The average molecular weight is 257 g/mol. The molecule has 1 saturated heterocycles. The van der Waals surface area contributed by atoms with E-state index in [0.717, 1.165) is 25.8 Å². The molecule has 0 radical (unpaired) electrons. The van der Waals surface area contributed by atoms with Crippen LogP contribution in [0.3, 0.4) is 0 Å². The maximum Gasteiger partial charge on any atom is 0.133 e. The molecule has 0 aromatic heterocycles. The highest BCUT2D eigenvalue weighted by Crippen LogP contribution is 2.33. The van der Waals surface area contributed by atoms with Crippen LogP contribution >= 0.6 is 0 Å². The van der Waals surface area contributed by atoms with Crippen molar-refractivity contribution < 1.29 is 4.79 Å². The van der Waals surface area contributed by atoms with Gasteiger partial charge in [-0.3, -0.25) is 9.69 Å². The molecule has 1 aromatic carbocycles. The minimum atomic E-state index is 0.489. The van der Waals surface area contributed by atoms with Crippen LogP contribution in [-0.4, -0.2) is 23.3 Å². The van der Waals surface area contributed by atoms with Crippen LogP contribution in [0.25, 0.3) is 0 Å². The molecule has 2 unspecified atom stereocenters. The van der Waals surface area contributed by atoms with Crippen molar-refractivity contribution in [3.05, 3.63) is 35.9 Å². The summed E-state index contributed by atoms with van der Waals surface area (Å²) in [7, 11) is 0. The Balaban J connectivity index is 1.73. The lowest BCUT2D eigenvalue weighted by Crippen LogP contribution is -2.42. The molecule has 0 N–H and O–H groups in total. The Bertz CT molecular complexity index is 428. The summed E-state index contributed by atoms with van der Waals surface area (Å²) in [6, 6.07) is 11.4. The number of Topliss-reactive ketones (excluding diaryl/α,β-unsaturated/α-hetero) is 1. The number of benzene rings is 1. The van der Waals surface area contributed by atoms with Crippen molar-refractivity contribution in [1.29, 1.82) is 0 Å². The third-order valence-electron chi connectivity index (χ3n) is 4.72. The van der Waals surface area contributed by atoms with E-state index in [1.807, 2.05) is 0 Å². The summed E-state index contributed by atoms with van der Waals surface area (Å²) in [4.78, 5) is 14.3. The Hall–Kier alpha value is -1.15. The highest BCUT2D eigenvalue weighted by Gasteiger charge is 2.34. The van der Waals surface area contributed by atoms with E-state index >= 15 is 0 Å². The lowest BCUT2D eigenvalue weighted by Gasteiger charge is -2.37. The van der Waals surface area contributed by atoms with Crippen molar-refractivity contribution in [3.8, 4) is 0 Å². The molecule has 0 bridgehead atoms. The largest absolute Gasteiger partial charge is 0.300 e. The summed E-state index contributed by atoms with van der Waals surface area (Å²) in [6.45, 7) is 2.25. The molecule has 102 valence electrons. The van der Waals surface area contributed by atoms with Gasteiger partial charge in [-0.15, -0.1) is 0 Å². The van der Waals surface area contributed by atoms with Gasteiger partial charge in [0.05, 0.1) is 0 Å². The van der Waals surface area contributed by atoms with Gasteiger partial charge in [0.15, 0.2) is 0 Å². The van der Waals surface area contributed by atoms with E-state index in [0.29, 0.717) is 17.7 Å². The molecule has 2 fully saturated rings. The molecule has 1 aliphatic heterocycles. The van der Waals surface area contributed by atoms with Crippen LogP contribution in [0.2, 0.25) is 0 Å². The van der Waals surface area contributed by atoms with E-state index in [4.69, 9.17) is 0 Å². The highest BCUT2D eigenvalue weighted by molar-refractivity contribution is 5.79. The molecule has 0 spiro atoms. The summed E-state index contributed by atoms with van der Waals surface area (Å²) in [5, 5.41) is 0. The molecule has 1 heterocycles. The van der Waals surface area contributed by atoms with E-state index in [1.165, 1.54) is 31.4 Å². The maximum absolute atomic E-state index is 11.7. The van der Waals surface area contributed by atoms with Gasteiger partial charge in [0, 0.05) is 25.4 Å². The van der Waals surface area contributed by atoms with Crippen molar-refractivity contribution in [3.63, 3.8) is 0 Å². The van der Waals surface area contributed by atoms with Gasteiger partial charge in [-0.05, 0) is 37.3 Å². The first-order chi connectivity index (χ1) is 9.33. The number of carbonyl (C=O) groups excluding carboxylic acids is 1. The lowest BCUT2D eigenvalue weighted by atomic mass is 9.81. The van der Waals surface area contributed by atoms with Crippen LogP contribution in [0.15, 0.2) is 30.3 Å². The quantitative estimate of drug-likeness (QED) is 0.809. The van der Waals surface area contributed by atoms with Crippen molar-refractivity contribution in [2.75, 3.05) is 6.54 Å². The van der Waals surface area contributed by atoms with Crippen LogP contribution in [0, 0.1) is 5.92 Å². The molecule has 1 aromatic rings. The fourth-order valence-electron chi connectivity index (χ4n) is 3.75. The second kappa shape index (κ2) is 5.87. The Kier molecular flexibility index (Phi) is 3.97. The zero-order valence-electron chi connectivity index (χ0n) is 11.6. The molecule has 2 heteroatoms. The zero-order chi connectivity index (χ0) is 13.1. The first-order valence-corrected chi connectivity index (χ1v) is 7.62. The van der Waals surface area contributed by atoms with Gasteiger partial charge in [0.25, 0.3) is 0 Å². The molecule has 1 aliphatic carbocycles. The van der Waals surface area contributed by atoms with Gasteiger partial charge in [-0.2, -0.15) is 0 Å². The third kappa shape index (κ3) is 3.06. The van der Waals surface area contributed by atoms with Crippen LogP contribution in [0.4, 0.5) is 0 Å². The molecule has 2 atom stereocenters. The monoisotopic (exact) mass is 257 g/mol. The topological polar surface area (TPSA) is 20.3 Å². The van der Waals surface area contributed by atoms with E-state index in [1.54, 1.807) is 0 Å². The Morgan fingerprint density at radius 3 is 2.79 bits per heavy atom. The van der Waals surface area contributed by atoms with Crippen molar-refractivity contribution in [1.82, 2.24) is 4.90 Å². The fraction of sp³-hybridized carbons (Fsp3) is 0.588. The highest BCUT2D eigenvalue weighted by atomic mass is 16.1. The molecule has 2 nitrogen and oxygen atoms in total. The molecule has 19 heavy (non-hydrogen) atoms. The van der Waals surface area contributed by atoms with Crippen LogP contribution < -0.4 is 0 Å². The summed E-state index contributed by atoms with van der Waals surface area (Å²) in [5.74, 6) is 1.11. The number of rotatable bonds is 2. The number of hydrogen-bond donors (Lipinski definition) is 0. The van der Waals surface area contributed by atoms with Crippen molar-refractivity contribution in [2.45, 2.75) is 51.1 Å². The van der Waals surface area contributed by atoms with Crippen LogP contribution in [0.5, 0.6) is 0 Å². The molecular formula is C17H23NO. The number of nitrogens with zero attached hydrogens (tertiary/aromatic N) is 1. The fourth-order valence-corrected chi connectivity index (χ4v) is 3.75. The maximum atomic E-state index is 11.7. The van der Waals surface area contributed by atoms with Gasteiger partial charge in [-0.1, -0.05) is 36.8 Å². The van der Waals surface area contributed by atoms with E-state index < -0.39 is 0 Å². The number of fused-ring (bicyclic) bond motifs is 1. The number of hydrogen-bond acceptors (Lipinski definition) is 2. The van der Waals surface area contributed by atoms with Gasteiger partial charge in [0.1, 0.15) is 5.78 Å². The second-order valence-corrected chi connectivity index (χ2v) is 6.06. The van der Waals surface area contributed by atoms with Gasteiger partial charge in [0.2, 0.25) is 0 Å². The first kappa shape index (κ1) is 12.9. The number of carbonyl (C=O) groups is 1. The first-order valence-electron chi connectivity index (χ1n) is 7.62. The van der Waals surface area contributed by atoms with Crippen LogP contribution in [-0.2, 0) is 11.3 Å². The third-order valence-corrected chi connectivity index (χ3v) is 4.72. The molecular weight excluding hydrogens is 234 g/mol. The van der Waals surface area contributed by atoms with Gasteiger partial charge >= 0.3 is 0 Å². The number of ketones is 1. The van der Waals surface area contributed by atoms with Crippen molar-refractivity contribution in [2.24, 2.45) is 5.92 Å². The summed E-state index contributed by atoms with van der Waals surface area (Å²) in [5.41, 5.74) is 1.40. The van der Waals surface area contributed by atoms with Crippen molar-refractivity contribution >= 4 is 5.78 Å². The molecule has 2 aliphatic rings. The number of likely N-dealkylation sites (tertiary alicyclic amines) is 1. The van der Waals surface area contributed by atoms with Gasteiger partial charge < -0.3 is 0 Å². The standard InChI is InChI=1S/C17H23NO/c19-16-9-10-17-15(12-16)8-4-5-11-18(17)13-14-6-2-1-3-7-14/h1-3,6-7,15,17H,4-5,8-13H2. The minimum Gasteiger partial charge on any atom is -0.300 e. The van der Waals surface area contributed by atoms with E-state index in [9.17, 15) is 4.79 Å². The summed E-state index contributed by atoms with van der Waals surface area (Å²) < 4.78 is 0. The summed E-state index contributed by atoms with van der Waals surface area (Å²) >= 11 is 0. The van der Waals surface area contributed by atoms with Gasteiger partial charge in [-0.25, -0.2) is 0 Å². The predicted octanol–water partition coefficient (Wildman–Crippen LogP) is 3.41. The SMILES string of the molecule is O=C1CCC2C(CCCCN2Cc2ccccc2)C1.